The van der Waals surface area contributed by atoms with Gasteiger partial charge in [-0.3, -0.25) is 4.79 Å². The maximum Gasteiger partial charge on any atom is 0.152 e. The molecule has 0 bridgehead atoms. The highest BCUT2D eigenvalue weighted by atomic mass is 19.1. The summed E-state index contributed by atoms with van der Waals surface area (Å²) in [6.45, 7) is 1.68. The molecule has 3 heteroatoms. The lowest BCUT2D eigenvalue weighted by Crippen LogP contribution is -1.83. The highest BCUT2D eigenvalue weighted by Crippen LogP contribution is 2.22. The van der Waals surface area contributed by atoms with E-state index in [2.05, 4.69) is 4.98 Å². The van der Waals surface area contributed by atoms with Crippen LogP contribution in [0.1, 0.15) is 15.9 Å². The Balaban J connectivity index is 2.88. The van der Waals surface area contributed by atoms with Crippen LogP contribution in [0.25, 0.3) is 10.9 Å². The Morgan fingerprint density at radius 1 is 1.46 bits per heavy atom. The predicted molar refractivity (Wildman–Crippen MR) is 48.4 cm³/mol. The number of hydrogen-bond acceptors (Lipinski definition) is 1. The summed E-state index contributed by atoms with van der Waals surface area (Å²) in [6.07, 6.45) is 2.35. The topological polar surface area (TPSA) is 32.9 Å². The number of aromatic nitrogens is 1. The van der Waals surface area contributed by atoms with Crippen LogP contribution in [0.4, 0.5) is 4.39 Å². The molecule has 0 atom stereocenters. The van der Waals surface area contributed by atoms with Crippen molar-refractivity contribution < 1.29 is 9.18 Å². The molecule has 0 aliphatic carbocycles. The Labute approximate surface area is 74.4 Å². The first kappa shape index (κ1) is 7.98. The van der Waals surface area contributed by atoms with Gasteiger partial charge in [0.2, 0.25) is 0 Å². The second-order valence-corrected chi connectivity index (χ2v) is 2.96. The molecule has 0 spiro atoms. The van der Waals surface area contributed by atoms with Crippen molar-refractivity contribution in [1.29, 1.82) is 0 Å². The third-order valence-corrected chi connectivity index (χ3v) is 2.21. The number of halogens is 1. The summed E-state index contributed by atoms with van der Waals surface area (Å²) in [4.78, 5) is 13.4. The van der Waals surface area contributed by atoms with Gasteiger partial charge in [0, 0.05) is 22.7 Å². The zero-order valence-electron chi connectivity index (χ0n) is 7.10. The Morgan fingerprint density at radius 3 is 2.92 bits per heavy atom. The van der Waals surface area contributed by atoms with Crippen molar-refractivity contribution in [3.05, 3.63) is 35.3 Å². The Morgan fingerprint density at radius 2 is 2.23 bits per heavy atom. The van der Waals surface area contributed by atoms with Gasteiger partial charge in [0.25, 0.3) is 0 Å². The largest absolute Gasteiger partial charge is 0.360 e. The Bertz CT molecular complexity index is 473. The van der Waals surface area contributed by atoms with E-state index < -0.39 is 0 Å². The summed E-state index contributed by atoms with van der Waals surface area (Å²) in [5.41, 5.74) is 1.81. The fourth-order valence-electron chi connectivity index (χ4n) is 1.44. The molecule has 2 rings (SSSR count). The average molecular weight is 177 g/mol. The Hall–Kier alpha value is -1.64. The van der Waals surface area contributed by atoms with Crippen LogP contribution in [0.5, 0.6) is 0 Å². The van der Waals surface area contributed by atoms with Gasteiger partial charge in [-0.2, -0.15) is 0 Å². The molecule has 0 aliphatic heterocycles. The molecule has 0 saturated carbocycles. The van der Waals surface area contributed by atoms with Gasteiger partial charge in [-0.15, -0.1) is 0 Å². The highest BCUT2D eigenvalue weighted by molar-refractivity contribution is 5.98. The number of hydrogen-bond donors (Lipinski definition) is 1. The Kier molecular flexibility index (Phi) is 1.65. The van der Waals surface area contributed by atoms with E-state index in [0.29, 0.717) is 16.6 Å². The van der Waals surface area contributed by atoms with E-state index in [0.717, 1.165) is 11.7 Å². The monoisotopic (exact) mass is 177 g/mol. The molecular weight excluding hydrogens is 169 g/mol. The van der Waals surface area contributed by atoms with E-state index in [-0.39, 0.29) is 5.82 Å². The first-order valence-electron chi connectivity index (χ1n) is 3.95. The molecular formula is C10H8FNO. The van der Waals surface area contributed by atoms with Crippen LogP contribution in [0.3, 0.4) is 0 Å². The minimum absolute atomic E-state index is 0.258. The summed E-state index contributed by atoms with van der Waals surface area (Å²) in [6, 6.07) is 2.98. The molecule has 0 fully saturated rings. The fourth-order valence-corrected chi connectivity index (χ4v) is 1.44. The van der Waals surface area contributed by atoms with Crippen molar-refractivity contribution >= 4 is 17.2 Å². The van der Waals surface area contributed by atoms with Gasteiger partial charge < -0.3 is 4.98 Å². The summed E-state index contributed by atoms with van der Waals surface area (Å²) in [5.74, 6) is -0.258. The van der Waals surface area contributed by atoms with Crippen LogP contribution >= 0.6 is 0 Å². The van der Waals surface area contributed by atoms with Crippen LogP contribution in [-0.2, 0) is 0 Å². The third kappa shape index (κ3) is 1.04. The second-order valence-electron chi connectivity index (χ2n) is 2.96. The first-order chi connectivity index (χ1) is 6.24. The van der Waals surface area contributed by atoms with Crippen LogP contribution in [-0.4, -0.2) is 11.3 Å². The molecule has 1 aromatic heterocycles. The van der Waals surface area contributed by atoms with Gasteiger partial charge in [0.05, 0.1) is 5.52 Å². The molecule has 0 aliphatic rings. The van der Waals surface area contributed by atoms with Gasteiger partial charge in [-0.05, 0) is 19.1 Å². The third-order valence-electron chi connectivity index (χ3n) is 2.21. The molecule has 13 heavy (non-hydrogen) atoms. The number of aromatic amines is 1. The van der Waals surface area contributed by atoms with Crippen molar-refractivity contribution in [2.45, 2.75) is 6.92 Å². The van der Waals surface area contributed by atoms with E-state index in [1.165, 1.54) is 6.07 Å². The molecule has 66 valence electrons. The van der Waals surface area contributed by atoms with Crippen LogP contribution in [0.2, 0.25) is 0 Å². The van der Waals surface area contributed by atoms with Crippen LogP contribution in [0, 0.1) is 12.7 Å². The second kappa shape index (κ2) is 2.69. The normalized spacial score (nSPS) is 10.6. The lowest BCUT2D eigenvalue weighted by atomic mass is 10.1. The minimum atomic E-state index is -0.258. The van der Waals surface area contributed by atoms with Crippen LogP contribution < -0.4 is 0 Å². The number of nitrogens with one attached hydrogen (secondary N) is 1. The van der Waals surface area contributed by atoms with Crippen molar-refractivity contribution in [2.75, 3.05) is 0 Å². The first-order valence-corrected chi connectivity index (χ1v) is 3.95. The lowest BCUT2D eigenvalue weighted by Gasteiger charge is -1.97. The van der Waals surface area contributed by atoms with E-state index in [4.69, 9.17) is 0 Å². The fraction of sp³-hybridized carbons (Fsp3) is 0.100. The zero-order chi connectivity index (χ0) is 9.42. The van der Waals surface area contributed by atoms with E-state index in [1.807, 2.05) is 0 Å². The summed E-state index contributed by atoms with van der Waals surface area (Å²) in [7, 11) is 0. The van der Waals surface area contributed by atoms with E-state index in [1.54, 1.807) is 19.2 Å². The zero-order valence-corrected chi connectivity index (χ0v) is 7.10. The average Bonchev–Trinajstić information content (AvgIpc) is 2.55. The predicted octanol–water partition coefficient (Wildman–Crippen LogP) is 2.43. The quantitative estimate of drug-likeness (QED) is 0.666. The smallest absolute Gasteiger partial charge is 0.152 e. The number of fused-ring (bicyclic) bond motifs is 1. The van der Waals surface area contributed by atoms with Gasteiger partial charge in [-0.25, -0.2) is 4.39 Å². The SMILES string of the molecule is Cc1c(F)ccc2c(C=O)c[nH]c12. The molecule has 0 radical (unpaired) electrons. The molecule has 1 heterocycles. The number of aldehydes is 1. The number of aryl methyl sites for hydroxylation is 1. The summed E-state index contributed by atoms with van der Waals surface area (Å²) >= 11 is 0. The van der Waals surface area contributed by atoms with Gasteiger partial charge >= 0.3 is 0 Å². The van der Waals surface area contributed by atoms with Crippen molar-refractivity contribution in [2.24, 2.45) is 0 Å². The van der Waals surface area contributed by atoms with E-state index in [9.17, 15) is 9.18 Å². The number of carbonyl (C=O) groups excluding carboxylic acids is 1. The maximum atomic E-state index is 13.1. The highest BCUT2D eigenvalue weighted by Gasteiger charge is 2.07. The van der Waals surface area contributed by atoms with Gasteiger partial charge in [0.15, 0.2) is 6.29 Å². The van der Waals surface area contributed by atoms with E-state index >= 15 is 0 Å². The van der Waals surface area contributed by atoms with Crippen molar-refractivity contribution in [1.82, 2.24) is 4.98 Å². The number of H-pyrrole nitrogens is 1. The molecule has 1 N–H and O–H groups in total. The summed E-state index contributed by atoms with van der Waals surface area (Å²) < 4.78 is 13.1. The molecule has 0 saturated heterocycles. The molecule has 2 nitrogen and oxygen atoms in total. The molecule has 0 amide bonds. The van der Waals surface area contributed by atoms with Crippen molar-refractivity contribution in [3.63, 3.8) is 0 Å². The molecule has 0 unspecified atom stereocenters. The molecule has 2 aromatic rings. The number of benzene rings is 1. The standard InChI is InChI=1S/C10H8FNO/c1-6-9(11)3-2-8-7(5-13)4-12-10(6)8/h2-5,12H,1H3. The number of rotatable bonds is 1. The van der Waals surface area contributed by atoms with Gasteiger partial charge in [-0.1, -0.05) is 0 Å². The molecule has 1 aromatic carbocycles. The van der Waals surface area contributed by atoms with Gasteiger partial charge in [0.1, 0.15) is 5.82 Å². The lowest BCUT2D eigenvalue weighted by molar-refractivity contribution is 0.112. The maximum absolute atomic E-state index is 13.1. The van der Waals surface area contributed by atoms with Crippen LogP contribution in [0.15, 0.2) is 18.3 Å². The number of carbonyl (C=O) groups is 1. The minimum Gasteiger partial charge on any atom is -0.360 e. The summed E-state index contributed by atoms with van der Waals surface area (Å²) in [5, 5.41) is 0.772. The van der Waals surface area contributed by atoms with Crippen molar-refractivity contribution in [3.8, 4) is 0 Å².